The van der Waals surface area contributed by atoms with Crippen LogP contribution in [0, 0.1) is 0 Å². The van der Waals surface area contributed by atoms with Crippen molar-refractivity contribution in [3.05, 3.63) is 35.9 Å². The third kappa shape index (κ3) is 1.95. The van der Waals surface area contributed by atoms with E-state index >= 15 is 0 Å². The summed E-state index contributed by atoms with van der Waals surface area (Å²) in [5.74, 6) is 0. The van der Waals surface area contributed by atoms with E-state index in [-0.39, 0.29) is 0 Å². The molecule has 0 heterocycles. The highest BCUT2D eigenvalue weighted by atomic mass is 32.3. The highest BCUT2D eigenvalue weighted by Gasteiger charge is 2.52. The summed E-state index contributed by atoms with van der Waals surface area (Å²) in [7, 11) is -10.5. The lowest BCUT2D eigenvalue weighted by Gasteiger charge is -2.22. The fourth-order valence-electron chi connectivity index (χ4n) is 1.10. The van der Waals surface area contributed by atoms with Crippen LogP contribution in [0.25, 0.3) is 0 Å². The van der Waals surface area contributed by atoms with E-state index in [4.69, 9.17) is 14.8 Å². The Bertz CT molecular complexity index is 545. The highest BCUT2D eigenvalue weighted by molar-refractivity contribution is 8.04. The first-order valence-electron chi connectivity index (χ1n) is 3.89. The maximum Gasteiger partial charge on any atom is 0.305 e. The summed E-state index contributed by atoms with van der Waals surface area (Å²) in [5.41, 5.74) is 4.64. The summed E-state index contributed by atoms with van der Waals surface area (Å²) in [6, 6.07) is 6.22. The zero-order valence-electron chi connectivity index (χ0n) is 7.81. The first-order valence-corrected chi connectivity index (χ1v) is 6.77. The van der Waals surface area contributed by atoms with Crippen molar-refractivity contribution in [2.24, 2.45) is 5.73 Å². The monoisotopic (exact) mass is 267 g/mol. The Labute approximate surface area is 92.4 Å². The standard InChI is InChI=1S/C7H9NO6S2/c8-7(15(9,10)11,16(12,13)14)6-4-2-1-3-5-6/h1-5H,8H2,(H,9,10,11)(H,12,13,14). The molecule has 0 fully saturated rings. The van der Waals surface area contributed by atoms with E-state index in [1.165, 1.54) is 18.2 Å². The Morgan fingerprint density at radius 1 is 0.938 bits per heavy atom. The van der Waals surface area contributed by atoms with Crippen LogP contribution in [0.4, 0.5) is 0 Å². The molecule has 0 atom stereocenters. The van der Waals surface area contributed by atoms with Gasteiger partial charge < -0.3 is 0 Å². The molecular formula is C7H9NO6S2. The van der Waals surface area contributed by atoms with Gasteiger partial charge in [0.15, 0.2) is 0 Å². The number of benzene rings is 1. The predicted octanol–water partition coefficient (Wildman–Crippen LogP) is -0.469. The smallest absolute Gasteiger partial charge is 0.292 e. The molecule has 0 aliphatic rings. The van der Waals surface area contributed by atoms with Gasteiger partial charge >= 0.3 is 20.2 Å². The maximum absolute atomic E-state index is 11.0. The van der Waals surface area contributed by atoms with E-state index in [1.54, 1.807) is 0 Å². The van der Waals surface area contributed by atoms with Crippen molar-refractivity contribution >= 4 is 20.2 Å². The minimum absolute atomic E-state index is 0.458. The van der Waals surface area contributed by atoms with E-state index in [0.717, 1.165) is 12.1 Å². The van der Waals surface area contributed by atoms with Crippen molar-refractivity contribution in [3.8, 4) is 0 Å². The quantitative estimate of drug-likeness (QED) is 0.630. The van der Waals surface area contributed by atoms with E-state index < -0.39 is 30.0 Å². The third-order valence-corrected chi connectivity index (χ3v) is 5.21. The molecule has 0 bridgehead atoms. The summed E-state index contributed by atoms with van der Waals surface area (Å²) in [6.45, 7) is 0. The summed E-state index contributed by atoms with van der Waals surface area (Å²) in [6.07, 6.45) is 0. The zero-order valence-corrected chi connectivity index (χ0v) is 9.44. The number of rotatable bonds is 3. The summed E-state index contributed by atoms with van der Waals surface area (Å²) in [4.78, 5) is 0. The molecule has 4 N–H and O–H groups in total. The van der Waals surface area contributed by atoms with Crippen LogP contribution in [0.3, 0.4) is 0 Å². The van der Waals surface area contributed by atoms with Crippen molar-refractivity contribution in [1.82, 2.24) is 0 Å². The maximum atomic E-state index is 11.0. The Hall–Kier alpha value is -1.00. The molecule has 0 saturated carbocycles. The van der Waals surface area contributed by atoms with Crippen LogP contribution < -0.4 is 5.73 Å². The lowest BCUT2D eigenvalue weighted by Crippen LogP contribution is -2.50. The Kier molecular flexibility index (Phi) is 3.09. The Balaban J connectivity index is 3.66. The molecule has 0 unspecified atom stereocenters. The van der Waals surface area contributed by atoms with Gasteiger partial charge in [-0.15, -0.1) is 0 Å². The molecule has 9 heteroatoms. The Morgan fingerprint density at radius 2 is 1.31 bits per heavy atom. The Morgan fingerprint density at radius 3 is 1.62 bits per heavy atom. The van der Waals surface area contributed by atoms with Crippen molar-refractivity contribution in [2.75, 3.05) is 0 Å². The summed E-state index contributed by atoms with van der Waals surface area (Å²) in [5, 5.41) is 0. The van der Waals surface area contributed by atoms with Crippen molar-refractivity contribution in [3.63, 3.8) is 0 Å². The average Bonchev–Trinajstić information content (AvgIpc) is 2.14. The minimum atomic E-state index is -5.24. The molecule has 0 spiro atoms. The molecule has 0 radical (unpaired) electrons. The zero-order chi connectivity index (χ0) is 12.6. The van der Waals surface area contributed by atoms with Gasteiger partial charge in [-0.05, 0) is 0 Å². The van der Waals surface area contributed by atoms with Crippen LogP contribution in [0.1, 0.15) is 5.56 Å². The molecular weight excluding hydrogens is 258 g/mol. The lowest BCUT2D eigenvalue weighted by molar-refractivity contribution is 0.426. The molecule has 16 heavy (non-hydrogen) atoms. The first kappa shape index (κ1) is 13.1. The van der Waals surface area contributed by atoms with Crippen LogP contribution in [0.5, 0.6) is 0 Å². The third-order valence-electron chi connectivity index (χ3n) is 1.94. The van der Waals surface area contributed by atoms with Crippen LogP contribution in [-0.2, 0) is 24.4 Å². The number of hydrogen-bond acceptors (Lipinski definition) is 5. The van der Waals surface area contributed by atoms with Gasteiger partial charge in [0, 0.05) is 5.56 Å². The molecule has 1 aromatic rings. The van der Waals surface area contributed by atoms with Crippen LogP contribution in [0.15, 0.2) is 30.3 Å². The molecule has 1 rings (SSSR count). The fraction of sp³-hybridized carbons (Fsp3) is 0.143. The van der Waals surface area contributed by atoms with E-state index in [0.29, 0.717) is 0 Å². The molecule has 0 saturated heterocycles. The van der Waals surface area contributed by atoms with E-state index in [1.807, 2.05) is 0 Å². The normalized spacial score (nSPS) is 13.7. The fourth-order valence-corrected chi connectivity index (χ4v) is 3.03. The molecule has 0 amide bonds. The molecule has 1 aromatic carbocycles. The molecule has 0 aliphatic heterocycles. The largest absolute Gasteiger partial charge is 0.305 e. The van der Waals surface area contributed by atoms with Gasteiger partial charge in [0.05, 0.1) is 0 Å². The van der Waals surface area contributed by atoms with Gasteiger partial charge in [0.25, 0.3) is 4.20 Å². The lowest BCUT2D eigenvalue weighted by atomic mass is 10.2. The van der Waals surface area contributed by atoms with E-state index in [2.05, 4.69) is 0 Å². The predicted molar refractivity (Wildman–Crippen MR) is 55.4 cm³/mol. The van der Waals surface area contributed by atoms with Gasteiger partial charge in [0.1, 0.15) is 0 Å². The van der Waals surface area contributed by atoms with Gasteiger partial charge in [-0.1, -0.05) is 30.3 Å². The van der Waals surface area contributed by atoms with E-state index in [9.17, 15) is 16.8 Å². The van der Waals surface area contributed by atoms with Crippen LogP contribution >= 0.6 is 0 Å². The molecule has 7 nitrogen and oxygen atoms in total. The topological polar surface area (TPSA) is 135 Å². The second-order valence-electron chi connectivity index (χ2n) is 2.98. The SMILES string of the molecule is NC(c1ccccc1)(S(=O)(=O)O)S(=O)(=O)O. The first-order chi connectivity index (χ1) is 7.11. The van der Waals surface area contributed by atoms with Crippen molar-refractivity contribution in [1.29, 1.82) is 0 Å². The van der Waals surface area contributed by atoms with Crippen molar-refractivity contribution in [2.45, 2.75) is 4.20 Å². The van der Waals surface area contributed by atoms with Crippen molar-refractivity contribution < 1.29 is 25.9 Å². The molecule has 90 valence electrons. The van der Waals surface area contributed by atoms with Crippen LogP contribution in [0.2, 0.25) is 0 Å². The summed E-state index contributed by atoms with van der Waals surface area (Å²) >= 11 is 0. The highest BCUT2D eigenvalue weighted by Crippen LogP contribution is 2.29. The second kappa shape index (κ2) is 3.79. The number of nitrogens with two attached hydrogens (primary N) is 1. The molecule has 0 aliphatic carbocycles. The average molecular weight is 267 g/mol. The van der Waals surface area contributed by atoms with Gasteiger partial charge in [-0.3, -0.25) is 14.8 Å². The van der Waals surface area contributed by atoms with Crippen LogP contribution in [-0.4, -0.2) is 25.9 Å². The number of hydrogen-bond donors (Lipinski definition) is 3. The van der Waals surface area contributed by atoms with Gasteiger partial charge in [0.2, 0.25) is 0 Å². The molecule has 0 aromatic heterocycles. The van der Waals surface area contributed by atoms with Gasteiger partial charge in [-0.25, -0.2) is 0 Å². The van der Waals surface area contributed by atoms with Gasteiger partial charge in [-0.2, -0.15) is 16.8 Å². The minimum Gasteiger partial charge on any atom is -0.292 e. The summed E-state index contributed by atoms with van der Waals surface area (Å²) < 4.78 is 58.4. The second-order valence-corrected chi connectivity index (χ2v) is 6.43.